The van der Waals surface area contributed by atoms with E-state index in [2.05, 4.69) is 4.84 Å². The minimum Gasteiger partial charge on any atom is -0.479 e. The van der Waals surface area contributed by atoms with Crippen LogP contribution < -0.4 is 10.2 Å². The number of benzene rings is 1. The number of carbonyl (C=O) groups is 1. The largest absolute Gasteiger partial charge is 0.479 e. The molecule has 0 aliphatic heterocycles. The summed E-state index contributed by atoms with van der Waals surface area (Å²) in [6.45, 7) is -0.260. The minimum atomic E-state index is -4.53. The van der Waals surface area contributed by atoms with Crippen LogP contribution in [0.3, 0.4) is 0 Å². The van der Waals surface area contributed by atoms with E-state index in [1.54, 1.807) is 5.48 Å². The van der Waals surface area contributed by atoms with Crippen molar-refractivity contribution >= 4 is 29.1 Å². The molecule has 1 N–H and O–H groups in total. The van der Waals surface area contributed by atoms with Gasteiger partial charge in [-0.25, -0.2) is 5.48 Å². The first-order valence-corrected chi connectivity index (χ1v) is 6.05. The predicted octanol–water partition coefficient (Wildman–Crippen LogP) is 3.37. The number of amides is 1. The first kappa shape index (κ1) is 16.9. The van der Waals surface area contributed by atoms with E-state index in [1.165, 1.54) is 25.1 Å². The van der Waals surface area contributed by atoms with Crippen LogP contribution in [0.15, 0.2) is 18.2 Å². The van der Waals surface area contributed by atoms with E-state index in [0.29, 0.717) is 5.02 Å². The predicted molar refractivity (Wildman–Crippen MR) is 66.7 cm³/mol. The molecular formula is C11H10Cl2F3NO3. The molecule has 0 heterocycles. The third-order valence-corrected chi connectivity index (χ3v) is 2.51. The highest BCUT2D eigenvalue weighted by Gasteiger charge is 2.28. The first-order valence-electron chi connectivity index (χ1n) is 5.29. The van der Waals surface area contributed by atoms with Crippen LogP contribution in [-0.2, 0) is 9.63 Å². The molecular weight excluding hydrogens is 322 g/mol. The molecule has 112 valence electrons. The van der Waals surface area contributed by atoms with Gasteiger partial charge in [0.1, 0.15) is 5.75 Å². The minimum absolute atomic E-state index is 0.174. The molecule has 0 radical (unpaired) electrons. The van der Waals surface area contributed by atoms with E-state index in [9.17, 15) is 18.0 Å². The number of carbonyl (C=O) groups excluding carboxylic acids is 1. The number of hydroxylamine groups is 1. The number of nitrogens with one attached hydrogen (secondary N) is 1. The maximum atomic E-state index is 11.8. The summed E-state index contributed by atoms with van der Waals surface area (Å²) in [6, 6.07) is 4.34. The highest BCUT2D eigenvalue weighted by molar-refractivity contribution is 6.35. The average Bonchev–Trinajstić information content (AvgIpc) is 2.30. The average molecular weight is 332 g/mol. The Morgan fingerprint density at radius 1 is 1.40 bits per heavy atom. The van der Waals surface area contributed by atoms with Crippen LogP contribution in [0.2, 0.25) is 10.0 Å². The number of halogens is 5. The Morgan fingerprint density at radius 3 is 2.60 bits per heavy atom. The van der Waals surface area contributed by atoms with Crippen molar-refractivity contribution in [2.75, 3.05) is 6.61 Å². The van der Waals surface area contributed by atoms with E-state index in [1.807, 2.05) is 0 Å². The molecule has 1 atom stereocenters. The summed E-state index contributed by atoms with van der Waals surface area (Å²) in [5, 5.41) is 0.557. The van der Waals surface area contributed by atoms with Crippen molar-refractivity contribution in [3.05, 3.63) is 28.2 Å². The normalized spacial score (nSPS) is 12.9. The van der Waals surface area contributed by atoms with Crippen molar-refractivity contribution in [3.63, 3.8) is 0 Å². The van der Waals surface area contributed by atoms with Gasteiger partial charge in [0.15, 0.2) is 12.7 Å². The lowest BCUT2D eigenvalue weighted by Crippen LogP contribution is -2.38. The van der Waals surface area contributed by atoms with Crippen LogP contribution >= 0.6 is 23.2 Å². The van der Waals surface area contributed by atoms with E-state index in [0.717, 1.165) is 0 Å². The van der Waals surface area contributed by atoms with Crippen LogP contribution in [0.25, 0.3) is 0 Å². The van der Waals surface area contributed by atoms with Crippen molar-refractivity contribution in [1.29, 1.82) is 0 Å². The van der Waals surface area contributed by atoms with Gasteiger partial charge in [0.25, 0.3) is 5.91 Å². The van der Waals surface area contributed by atoms with E-state index < -0.39 is 24.8 Å². The SMILES string of the molecule is CC(Oc1ccc(Cl)cc1Cl)C(=O)NOCC(F)(F)F. The summed E-state index contributed by atoms with van der Waals surface area (Å²) < 4.78 is 40.6. The summed E-state index contributed by atoms with van der Waals surface area (Å²) in [6.07, 6.45) is -5.63. The molecule has 1 unspecified atom stereocenters. The summed E-state index contributed by atoms with van der Waals surface area (Å²) in [7, 11) is 0. The summed E-state index contributed by atoms with van der Waals surface area (Å²) in [4.78, 5) is 15.4. The molecule has 4 nitrogen and oxygen atoms in total. The maximum Gasteiger partial charge on any atom is 0.414 e. The van der Waals surface area contributed by atoms with Gasteiger partial charge >= 0.3 is 6.18 Å². The highest BCUT2D eigenvalue weighted by Crippen LogP contribution is 2.28. The highest BCUT2D eigenvalue weighted by atomic mass is 35.5. The third kappa shape index (κ3) is 5.85. The Kier molecular flexibility index (Phi) is 5.91. The molecule has 1 rings (SSSR count). The number of ether oxygens (including phenoxy) is 1. The van der Waals surface area contributed by atoms with Crippen LogP contribution in [0.1, 0.15) is 6.92 Å². The van der Waals surface area contributed by atoms with Crippen molar-refractivity contribution < 1.29 is 27.5 Å². The number of alkyl halides is 3. The summed E-state index contributed by atoms with van der Waals surface area (Å²) in [5.41, 5.74) is 1.64. The molecule has 0 aliphatic carbocycles. The fourth-order valence-electron chi connectivity index (χ4n) is 1.09. The molecule has 1 aromatic rings. The van der Waals surface area contributed by atoms with Crippen molar-refractivity contribution in [3.8, 4) is 5.75 Å². The maximum absolute atomic E-state index is 11.8. The lowest BCUT2D eigenvalue weighted by atomic mass is 10.3. The Bertz CT molecular complexity index is 482. The van der Waals surface area contributed by atoms with Crippen molar-refractivity contribution in [2.24, 2.45) is 0 Å². The zero-order chi connectivity index (χ0) is 15.3. The standard InChI is InChI=1S/C11H10Cl2F3NO3/c1-6(10(18)17-19-5-11(14,15)16)20-9-3-2-7(12)4-8(9)13/h2-4,6H,5H2,1H3,(H,17,18). The Morgan fingerprint density at radius 2 is 2.05 bits per heavy atom. The molecule has 1 amide bonds. The smallest absolute Gasteiger partial charge is 0.414 e. The lowest BCUT2D eigenvalue weighted by Gasteiger charge is -2.16. The van der Waals surface area contributed by atoms with Gasteiger partial charge in [-0.05, 0) is 25.1 Å². The second-order valence-electron chi connectivity index (χ2n) is 3.70. The van der Waals surface area contributed by atoms with Crippen LogP contribution in [0, 0.1) is 0 Å². The molecule has 0 saturated carbocycles. The van der Waals surface area contributed by atoms with Gasteiger partial charge in [-0.1, -0.05) is 23.2 Å². The molecule has 0 bridgehead atoms. The summed E-state index contributed by atoms with van der Waals surface area (Å²) >= 11 is 11.5. The first-order chi connectivity index (χ1) is 9.19. The van der Waals surface area contributed by atoms with Crippen molar-refractivity contribution in [2.45, 2.75) is 19.2 Å². The topological polar surface area (TPSA) is 47.6 Å². The molecule has 0 aliphatic rings. The number of hydrogen-bond donors (Lipinski definition) is 1. The van der Waals surface area contributed by atoms with Crippen LogP contribution in [-0.4, -0.2) is 24.8 Å². The Hall–Kier alpha value is -1.18. The van der Waals surface area contributed by atoms with Gasteiger partial charge in [-0.3, -0.25) is 9.63 Å². The lowest BCUT2D eigenvalue weighted by molar-refractivity contribution is -0.193. The van der Waals surface area contributed by atoms with Crippen molar-refractivity contribution in [1.82, 2.24) is 5.48 Å². The second-order valence-corrected chi connectivity index (χ2v) is 4.55. The van der Waals surface area contributed by atoms with Gasteiger partial charge in [-0.15, -0.1) is 0 Å². The Labute approximate surface area is 122 Å². The molecule has 0 saturated heterocycles. The number of rotatable bonds is 5. The molecule has 0 fully saturated rings. The van der Waals surface area contributed by atoms with E-state index in [-0.39, 0.29) is 10.8 Å². The zero-order valence-electron chi connectivity index (χ0n) is 10.1. The fraction of sp³-hybridized carbons (Fsp3) is 0.364. The molecule has 9 heteroatoms. The quantitative estimate of drug-likeness (QED) is 0.841. The zero-order valence-corrected chi connectivity index (χ0v) is 11.6. The Balaban J connectivity index is 2.49. The third-order valence-electron chi connectivity index (χ3n) is 1.98. The van der Waals surface area contributed by atoms with E-state index in [4.69, 9.17) is 27.9 Å². The van der Waals surface area contributed by atoms with Gasteiger partial charge in [0.05, 0.1) is 5.02 Å². The van der Waals surface area contributed by atoms with Gasteiger partial charge < -0.3 is 4.74 Å². The molecule has 20 heavy (non-hydrogen) atoms. The van der Waals surface area contributed by atoms with Crippen LogP contribution in [0.5, 0.6) is 5.75 Å². The number of hydrogen-bond acceptors (Lipinski definition) is 3. The van der Waals surface area contributed by atoms with Crippen LogP contribution in [0.4, 0.5) is 13.2 Å². The van der Waals surface area contributed by atoms with Gasteiger partial charge in [-0.2, -0.15) is 13.2 Å². The molecule has 0 spiro atoms. The monoisotopic (exact) mass is 331 g/mol. The summed E-state index contributed by atoms with van der Waals surface area (Å²) in [5.74, 6) is -0.699. The van der Waals surface area contributed by atoms with Gasteiger partial charge in [0.2, 0.25) is 0 Å². The van der Waals surface area contributed by atoms with E-state index >= 15 is 0 Å². The fourth-order valence-corrected chi connectivity index (χ4v) is 1.54. The van der Waals surface area contributed by atoms with Gasteiger partial charge in [0, 0.05) is 5.02 Å². The second kappa shape index (κ2) is 7.01. The molecule has 1 aromatic carbocycles. The molecule has 0 aromatic heterocycles.